The average Bonchev–Trinajstić information content (AvgIpc) is 3.30. The Morgan fingerprint density at radius 1 is 1.02 bits per heavy atom. The molecule has 0 aliphatic carbocycles. The number of likely N-dealkylation sites (tertiary alicyclic amines) is 1. The molecule has 4 rings (SSSR count). The lowest BCUT2D eigenvalue weighted by Gasteiger charge is -2.47. The summed E-state index contributed by atoms with van der Waals surface area (Å²) in [6.07, 6.45) is 1.65. The minimum atomic E-state index is -1.06. The summed E-state index contributed by atoms with van der Waals surface area (Å²) in [7, 11) is 0. The van der Waals surface area contributed by atoms with Gasteiger partial charge in [0.1, 0.15) is 0 Å². The zero-order chi connectivity index (χ0) is 28.9. The van der Waals surface area contributed by atoms with Crippen molar-refractivity contribution < 1.29 is 24.3 Å². The number of aliphatic carboxylic acids is 1. The second-order valence-electron chi connectivity index (χ2n) is 10.7. The highest BCUT2D eigenvalue weighted by atomic mass is 35.5. The third-order valence-electron chi connectivity index (χ3n) is 7.40. The van der Waals surface area contributed by atoms with Gasteiger partial charge in [-0.25, -0.2) is 4.79 Å². The van der Waals surface area contributed by atoms with Gasteiger partial charge in [-0.15, -0.1) is 0 Å². The van der Waals surface area contributed by atoms with Crippen molar-refractivity contribution in [3.05, 3.63) is 63.6 Å². The molecule has 214 valence electrons. The maximum absolute atomic E-state index is 13.7. The van der Waals surface area contributed by atoms with Crippen LogP contribution in [0.5, 0.6) is 0 Å². The Kier molecular flexibility index (Phi) is 9.58. The zero-order valence-electron chi connectivity index (χ0n) is 22.5. The molecular formula is C29H34Cl2N4O5. The molecule has 2 N–H and O–H groups in total. The number of nitrogens with one attached hydrogen (secondary N) is 1. The van der Waals surface area contributed by atoms with Gasteiger partial charge >= 0.3 is 12.0 Å². The molecule has 2 aromatic rings. The Morgan fingerprint density at radius 3 is 2.42 bits per heavy atom. The number of halogens is 2. The van der Waals surface area contributed by atoms with Gasteiger partial charge in [-0.1, -0.05) is 47.0 Å². The van der Waals surface area contributed by atoms with Crippen LogP contribution in [0.25, 0.3) is 0 Å². The number of urea groups is 1. The number of carbonyl (C=O) groups is 4. The lowest BCUT2D eigenvalue weighted by molar-refractivity contribution is -0.141. The van der Waals surface area contributed by atoms with E-state index in [1.807, 2.05) is 31.2 Å². The van der Waals surface area contributed by atoms with Gasteiger partial charge in [0.05, 0.1) is 6.42 Å². The van der Waals surface area contributed by atoms with Crippen LogP contribution in [0.15, 0.2) is 42.5 Å². The van der Waals surface area contributed by atoms with Crippen molar-refractivity contribution in [2.24, 2.45) is 5.41 Å². The predicted molar refractivity (Wildman–Crippen MR) is 154 cm³/mol. The van der Waals surface area contributed by atoms with Crippen LogP contribution in [0.4, 0.5) is 10.5 Å². The maximum atomic E-state index is 13.7. The van der Waals surface area contributed by atoms with Gasteiger partial charge in [0.25, 0.3) is 0 Å². The summed E-state index contributed by atoms with van der Waals surface area (Å²) >= 11 is 12.5. The van der Waals surface area contributed by atoms with E-state index in [0.717, 1.165) is 18.5 Å². The first-order valence-electron chi connectivity index (χ1n) is 13.4. The number of nitrogens with zero attached hydrogens (tertiary/aromatic N) is 3. The molecular weight excluding hydrogens is 555 g/mol. The highest BCUT2D eigenvalue weighted by Crippen LogP contribution is 2.37. The summed E-state index contributed by atoms with van der Waals surface area (Å²) < 4.78 is 0. The Morgan fingerprint density at radius 2 is 1.77 bits per heavy atom. The summed E-state index contributed by atoms with van der Waals surface area (Å²) in [6, 6.07) is 12.1. The van der Waals surface area contributed by atoms with Crippen molar-refractivity contribution in [1.29, 1.82) is 0 Å². The molecule has 11 heteroatoms. The quantitative estimate of drug-likeness (QED) is 0.369. The van der Waals surface area contributed by atoms with Crippen LogP contribution in [0.1, 0.15) is 43.2 Å². The molecule has 2 fully saturated rings. The fourth-order valence-electron chi connectivity index (χ4n) is 5.45. The summed E-state index contributed by atoms with van der Waals surface area (Å²) in [4.78, 5) is 55.7. The third kappa shape index (κ3) is 7.46. The van der Waals surface area contributed by atoms with Gasteiger partial charge in [-0.05, 0) is 49.6 Å². The lowest BCUT2D eigenvalue weighted by atomic mass is 9.78. The van der Waals surface area contributed by atoms with E-state index >= 15 is 0 Å². The van der Waals surface area contributed by atoms with Crippen LogP contribution in [0.3, 0.4) is 0 Å². The van der Waals surface area contributed by atoms with Gasteiger partial charge < -0.3 is 20.2 Å². The Bertz CT molecular complexity index is 1270. The maximum Gasteiger partial charge on any atom is 0.324 e. The van der Waals surface area contributed by atoms with Gasteiger partial charge in [0.15, 0.2) is 0 Å². The number of carbonyl (C=O) groups excluding carboxylic acids is 3. The molecule has 2 aliphatic heterocycles. The van der Waals surface area contributed by atoms with Crippen molar-refractivity contribution in [3.63, 3.8) is 0 Å². The smallest absolute Gasteiger partial charge is 0.324 e. The molecule has 9 nitrogen and oxygen atoms in total. The predicted octanol–water partition coefficient (Wildman–Crippen LogP) is 4.72. The molecule has 4 amide bonds. The van der Waals surface area contributed by atoms with E-state index in [0.29, 0.717) is 47.2 Å². The van der Waals surface area contributed by atoms with Crippen LogP contribution >= 0.6 is 23.2 Å². The summed E-state index contributed by atoms with van der Waals surface area (Å²) in [5, 5.41) is 13.6. The first-order chi connectivity index (χ1) is 19.0. The summed E-state index contributed by atoms with van der Waals surface area (Å²) in [5.41, 5.74) is 1.24. The summed E-state index contributed by atoms with van der Waals surface area (Å²) in [5.74, 6) is -1.21. The molecule has 40 heavy (non-hydrogen) atoms. The van der Waals surface area contributed by atoms with E-state index in [-0.39, 0.29) is 50.3 Å². The average molecular weight is 590 g/mol. The first-order valence-corrected chi connectivity index (χ1v) is 14.1. The highest BCUT2D eigenvalue weighted by Gasteiger charge is 2.46. The number of amides is 4. The van der Waals surface area contributed by atoms with Gasteiger partial charge in [0, 0.05) is 73.3 Å². The van der Waals surface area contributed by atoms with Crippen LogP contribution in [-0.2, 0) is 20.9 Å². The van der Waals surface area contributed by atoms with Crippen molar-refractivity contribution in [2.45, 2.75) is 45.6 Å². The fourth-order valence-corrected chi connectivity index (χ4v) is 5.92. The number of rotatable bonds is 11. The first kappa shape index (κ1) is 29.7. The van der Waals surface area contributed by atoms with Crippen molar-refractivity contribution in [3.8, 4) is 0 Å². The monoisotopic (exact) mass is 588 g/mol. The van der Waals surface area contributed by atoms with Crippen molar-refractivity contribution >= 4 is 52.7 Å². The van der Waals surface area contributed by atoms with E-state index in [9.17, 15) is 24.3 Å². The molecule has 0 saturated carbocycles. The minimum absolute atomic E-state index is 0.0646. The standard InChI is InChI=1S/C29H34Cl2N4O5/c1-20-5-9-23(10-6-20)35-19-29(16-27(38)39,15-25(36)32-11-3-13-33-12-2-4-26(33)37)18-34(28(35)40)17-21-7-8-22(30)14-24(21)31/h5-10,14H,2-4,11-13,15-19H2,1H3,(H,32,36)(H,38,39). The second kappa shape index (κ2) is 12.9. The molecule has 2 saturated heterocycles. The van der Waals surface area contributed by atoms with E-state index in [2.05, 4.69) is 5.32 Å². The molecule has 0 radical (unpaired) electrons. The number of carboxylic acid groups (broad SMARTS) is 1. The van der Waals surface area contributed by atoms with E-state index in [1.54, 1.807) is 32.9 Å². The molecule has 2 aliphatic rings. The van der Waals surface area contributed by atoms with Gasteiger partial charge in [0.2, 0.25) is 11.8 Å². The molecule has 0 bridgehead atoms. The number of hydrogen-bond donors (Lipinski definition) is 2. The normalized spacial score (nSPS) is 19.3. The van der Waals surface area contributed by atoms with Crippen LogP contribution in [-0.4, -0.2) is 71.4 Å². The van der Waals surface area contributed by atoms with Crippen molar-refractivity contribution in [1.82, 2.24) is 15.1 Å². The van der Waals surface area contributed by atoms with Gasteiger partial charge in [-0.2, -0.15) is 0 Å². The lowest BCUT2D eigenvalue weighted by Crippen LogP contribution is -2.60. The molecule has 0 aromatic heterocycles. The second-order valence-corrected chi connectivity index (χ2v) is 11.6. The van der Waals surface area contributed by atoms with Crippen LogP contribution in [0.2, 0.25) is 10.0 Å². The van der Waals surface area contributed by atoms with E-state index < -0.39 is 11.4 Å². The van der Waals surface area contributed by atoms with E-state index in [4.69, 9.17) is 23.2 Å². The fraction of sp³-hybridized carbons (Fsp3) is 0.448. The number of hydrogen-bond acceptors (Lipinski definition) is 4. The summed E-state index contributed by atoms with van der Waals surface area (Å²) in [6.45, 7) is 3.89. The SMILES string of the molecule is Cc1ccc(N2CC(CC(=O)O)(CC(=O)NCCCN3CCCC3=O)CN(Cc3ccc(Cl)cc3Cl)C2=O)cc1. The molecule has 1 atom stereocenters. The highest BCUT2D eigenvalue weighted by molar-refractivity contribution is 6.35. The number of anilines is 1. The third-order valence-corrected chi connectivity index (χ3v) is 7.99. The van der Waals surface area contributed by atoms with Gasteiger partial charge in [-0.3, -0.25) is 19.3 Å². The minimum Gasteiger partial charge on any atom is -0.481 e. The van der Waals surface area contributed by atoms with Crippen LogP contribution in [0, 0.1) is 12.3 Å². The number of benzene rings is 2. The largest absolute Gasteiger partial charge is 0.481 e. The molecule has 1 unspecified atom stereocenters. The zero-order valence-corrected chi connectivity index (χ0v) is 24.0. The molecule has 2 heterocycles. The topological polar surface area (TPSA) is 110 Å². The number of carboxylic acids is 1. The molecule has 0 spiro atoms. The Labute approximate surface area is 244 Å². The molecule has 2 aromatic carbocycles. The Hall–Kier alpha value is -3.30. The van der Waals surface area contributed by atoms with Crippen molar-refractivity contribution in [2.75, 3.05) is 37.6 Å². The Balaban J connectivity index is 1.55. The van der Waals surface area contributed by atoms with E-state index in [1.165, 1.54) is 0 Å². The van der Waals surface area contributed by atoms with Crippen LogP contribution < -0.4 is 10.2 Å². The number of aryl methyl sites for hydroxylation is 1.